The Hall–Kier alpha value is -2.58. The Labute approximate surface area is 159 Å². The summed E-state index contributed by atoms with van der Waals surface area (Å²) in [5.74, 6) is -0.184. The van der Waals surface area contributed by atoms with Gasteiger partial charge in [0.25, 0.3) is 0 Å². The zero-order valence-electron chi connectivity index (χ0n) is 15.2. The van der Waals surface area contributed by atoms with E-state index in [0.29, 0.717) is 17.8 Å². The van der Waals surface area contributed by atoms with Crippen LogP contribution in [0.25, 0.3) is 11.0 Å². The van der Waals surface area contributed by atoms with Crippen molar-refractivity contribution in [3.05, 3.63) is 30.1 Å². The second-order valence-corrected chi connectivity index (χ2v) is 7.69. The van der Waals surface area contributed by atoms with E-state index in [2.05, 4.69) is 10.1 Å². The predicted octanol–water partition coefficient (Wildman–Crippen LogP) is 3.70. The predicted molar refractivity (Wildman–Crippen MR) is 96.0 cm³/mol. The van der Waals surface area contributed by atoms with Crippen LogP contribution in [0.1, 0.15) is 37.9 Å². The number of nitrogens with two attached hydrogens (primary N) is 1. The molecular weight excluding hydrogens is 373 g/mol. The molecule has 2 saturated carbocycles. The number of rotatable bonds is 5. The molecule has 0 spiro atoms. The zero-order chi connectivity index (χ0) is 19.9. The Morgan fingerprint density at radius 3 is 2.75 bits per heavy atom. The fourth-order valence-electron chi connectivity index (χ4n) is 4.63. The van der Waals surface area contributed by atoms with Crippen molar-refractivity contribution in [3.63, 3.8) is 0 Å². The van der Waals surface area contributed by atoms with Gasteiger partial charge in [0.2, 0.25) is 5.82 Å². The average Bonchev–Trinajstić information content (AvgIpc) is 3.34. The van der Waals surface area contributed by atoms with E-state index in [9.17, 15) is 18.0 Å². The van der Waals surface area contributed by atoms with E-state index in [1.54, 1.807) is 12.1 Å². The van der Waals surface area contributed by atoms with Crippen LogP contribution in [0, 0.1) is 17.8 Å². The molecule has 4 rings (SSSR count). The summed E-state index contributed by atoms with van der Waals surface area (Å²) in [5, 5.41) is 3.56. The van der Waals surface area contributed by atoms with Crippen molar-refractivity contribution in [3.8, 4) is 0 Å². The molecule has 1 aromatic heterocycles. The van der Waals surface area contributed by atoms with Crippen LogP contribution in [-0.2, 0) is 22.4 Å². The molecule has 28 heavy (non-hydrogen) atoms. The van der Waals surface area contributed by atoms with Crippen molar-refractivity contribution in [2.45, 2.75) is 44.8 Å². The molecule has 2 fully saturated rings. The van der Waals surface area contributed by atoms with E-state index >= 15 is 0 Å². The fraction of sp³-hybridized carbons (Fsp3) is 0.526. The summed E-state index contributed by atoms with van der Waals surface area (Å²) >= 11 is 0. The van der Waals surface area contributed by atoms with Crippen LogP contribution < -0.4 is 5.73 Å². The molecule has 3 atom stereocenters. The Morgan fingerprint density at radius 1 is 1.29 bits per heavy atom. The number of fused-ring (bicyclic) bond motifs is 3. The first kappa shape index (κ1) is 18.8. The molecule has 2 aliphatic carbocycles. The van der Waals surface area contributed by atoms with E-state index in [1.165, 1.54) is 25.0 Å². The lowest BCUT2D eigenvalue weighted by molar-refractivity contribution is -0.147. The number of carbonyl (C=O) groups is 1. The zero-order valence-corrected chi connectivity index (χ0v) is 15.2. The number of benzene rings is 1. The summed E-state index contributed by atoms with van der Waals surface area (Å²) < 4.78 is 40.8. The van der Waals surface area contributed by atoms with Gasteiger partial charge in [-0.05, 0) is 49.1 Å². The smallest absolute Gasteiger partial charge is 0.383 e. The highest BCUT2D eigenvalue weighted by Crippen LogP contribution is 2.49. The first-order valence-electron chi connectivity index (χ1n) is 9.36. The third kappa shape index (κ3) is 3.70. The van der Waals surface area contributed by atoms with Crippen molar-refractivity contribution < 1.29 is 22.8 Å². The van der Waals surface area contributed by atoms with Gasteiger partial charge in [-0.15, -0.1) is 0 Å². The van der Waals surface area contributed by atoms with Crippen LogP contribution in [0.5, 0.6) is 0 Å². The largest absolute Gasteiger partial charge is 0.449 e. The third-order valence-corrected chi connectivity index (χ3v) is 5.81. The van der Waals surface area contributed by atoms with E-state index in [1.807, 2.05) is 0 Å². The van der Waals surface area contributed by atoms with Gasteiger partial charge < -0.3 is 15.1 Å². The number of halogens is 3. The lowest BCUT2D eigenvalue weighted by Gasteiger charge is -2.19. The number of nitrogens with zero attached hydrogens (tertiary/aromatic N) is 3. The van der Waals surface area contributed by atoms with Crippen molar-refractivity contribution >= 4 is 22.8 Å². The van der Waals surface area contributed by atoms with Crippen molar-refractivity contribution in [1.82, 2.24) is 9.55 Å². The van der Waals surface area contributed by atoms with Gasteiger partial charge >= 0.3 is 12.1 Å². The maximum atomic E-state index is 13.3. The molecule has 2 bridgehead atoms. The average molecular weight is 394 g/mol. The van der Waals surface area contributed by atoms with Gasteiger partial charge in [0.1, 0.15) is 0 Å². The lowest BCUT2D eigenvalue weighted by Crippen LogP contribution is -2.25. The van der Waals surface area contributed by atoms with Gasteiger partial charge in [0.15, 0.2) is 5.84 Å². The van der Waals surface area contributed by atoms with Crippen molar-refractivity contribution in [1.29, 1.82) is 0 Å². The number of amidine groups is 1. The van der Waals surface area contributed by atoms with Gasteiger partial charge in [-0.3, -0.25) is 0 Å². The van der Waals surface area contributed by atoms with Crippen LogP contribution in [0.2, 0.25) is 0 Å². The van der Waals surface area contributed by atoms with E-state index in [0.717, 1.165) is 17.4 Å². The first-order chi connectivity index (χ1) is 13.3. The van der Waals surface area contributed by atoms with Gasteiger partial charge in [0, 0.05) is 0 Å². The maximum Gasteiger partial charge on any atom is 0.449 e. The number of imidazole rings is 1. The van der Waals surface area contributed by atoms with Crippen LogP contribution >= 0.6 is 0 Å². The molecule has 2 N–H and O–H groups in total. The van der Waals surface area contributed by atoms with Gasteiger partial charge in [0.05, 0.1) is 24.0 Å². The van der Waals surface area contributed by atoms with Crippen molar-refractivity contribution in [2.24, 2.45) is 28.6 Å². The summed E-state index contributed by atoms with van der Waals surface area (Å²) in [5.41, 5.74) is 6.23. The molecular formula is C19H21F3N4O2. The minimum absolute atomic E-state index is 0.205. The highest BCUT2D eigenvalue weighted by molar-refractivity contribution is 5.84. The SMILES string of the molecule is N/C(Cn1c(C(F)(F)F)nc2ccccc21)=N/OC(=O)C[C@@H]1C[C@H]2CC[C@H]1C2. The van der Waals surface area contributed by atoms with Crippen LogP contribution in [0.3, 0.4) is 0 Å². The number of hydrogen-bond donors (Lipinski definition) is 1. The molecule has 1 heterocycles. The number of alkyl halides is 3. The molecule has 0 amide bonds. The second-order valence-electron chi connectivity index (χ2n) is 7.69. The van der Waals surface area contributed by atoms with Gasteiger partial charge in [-0.25, -0.2) is 9.78 Å². The number of aromatic nitrogens is 2. The highest BCUT2D eigenvalue weighted by atomic mass is 19.4. The molecule has 0 radical (unpaired) electrons. The van der Waals surface area contributed by atoms with Gasteiger partial charge in [-0.1, -0.05) is 23.7 Å². The summed E-state index contributed by atoms with van der Waals surface area (Å²) in [4.78, 5) is 20.5. The summed E-state index contributed by atoms with van der Waals surface area (Å²) in [6.45, 7) is -0.378. The molecule has 2 aliphatic rings. The Kier molecular flexibility index (Phi) is 4.76. The molecule has 6 nitrogen and oxygen atoms in total. The Morgan fingerprint density at radius 2 is 2.07 bits per heavy atom. The van der Waals surface area contributed by atoms with E-state index in [4.69, 9.17) is 10.6 Å². The summed E-state index contributed by atoms with van der Waals surface area (Å²) in [6.07, 6.45) is 0.243. The second kappa shape index (κ2) is 7.10. The number of para-hydroxylation sites is 2. The normalized spacial score (nSPS) is 24.8. The highest BCUT2D eigenvalue weighted by Gasteiger charge is 2.40. The van der Waals surface area contributed by atoms with Crippen LogP contribution in [0.15, 0.2) is 29.4 Å². The third-order valence-electron chi connectivity index (χ3n) is 5.81. The minimum atomic E-state index is -4.64. The molecule has 9 heteroatoms. The van der Waals surface area contributed by atoms with E-state index in [-0.39, 0.29) is 29.8 Å². The van der Waals surface area contributed by atoms with E-state index < -0.39 is 18.0 Å². The van der Waals surface area contributed by atoms with Crippen LogP contribution in [0.4, 0.5) is 13.2 Å². The minimum Gasteiger partial charge on any atom is -0.383 e. The lowest BCUT2D eigenvalue weighted by atomic mass is 9.86. The molecule has 0 unspecified atom stereocenters. The van der Waals surface area contributed by atoms with Crippen LogP contribution in [-0.4, -0.2) is 21.4 Å². The number of carbonyl (C=O) groups excluding carboxylic acids is 1. The molecule has 0 aliphatic heterocycles. The Balaban J connectivity index is 1.44. The number of hydrogen-bond acceptors (Lipinski definition) is 4. The first-order valence-corrected chi connectivity index (χ1v) is 9.36. The molecule has 0 saturated heterocycles. The fourth-order valence-corrected chi connectivity index (χ4v) is 4.63. The maximum absolute atomic E-state index is 13.3. The topological polar surface area (TPSA) is 82.5 Å². The summed E-state index contributed by atoms with van der Waals surface area (Å²) in [7, 11) is 0. The molecule has 2 aromatic rings. The quantitative estimate of drug-likeness (QED) is 0.363. The monoisotopic (exact) mass is 394 g/mol. The number of oxime groups is 1. The standard InChI is InChI=1S/C19H21F3N4O2/c20-19(21,22)18-24-14-3-1-2-4-15(14)26(18)10-16(23)25-28-17(27)9-13-8-11-5-6-12(13)7-11/h1-4,11-13H,5-10H2,(H2,23,25)/t11-,12-,13-/m0/s1. The van der Waals surface area contributed by atoms with Crippen molar-refractivity contribution in [2.75, 3.05) is 0 Å². The molecule has 150 valence electrons. The Bertz CT molecular complexity index is 922. The van der Waals surface area contributed by atoms with Gasteiger partial charge in [-0.2, -0.15) is 13.2 Å². The summed E-state index contributed by atoms with van der Waals surface area (Å²) in [6, 6.07) is 6.23. The molecule has 1 aromatic carbocycles.